The van der Waals surface area contributed by atoms with Gasteiger partial charge in [0.05, 0.1) is 7.11 Å². The summed E-state index contributed by atoms with van der Waals surface area (Å²) in [6.07, 6.45) is 3.54. The number of carbonyl (C=O) groups is 1. The molecule has 0 radical (unpaired) electrons. The van der Waals surface area contributed by atoms with Crippen LogP contribution in [0.25, 0.3) is 0 Å². The summed E-state index contributed by atoms with van der Waals surface area (Å²) in [5.74, 6) is 1.52. The summed E-state index contributed by atoms with van der Waals surface area (Å²) in [6.45, 7) is 3.70. The number of nitrogens with one attached hydrogen (secondary N) is 1. The number of benzene rings is 1. The Balaban J connectivity index is 1.59. The van der Waals surface area contributed by atoms with Crippen molar-refractivity contribution in [3.8, 4) is 11.6 Å². The maximum atomic E-state index is 12.1. The van der Waals surface area contributed by atoms with E-state index in [9.17, 15) is 4.79 Å². The molecule has 3 rings (SSSR count). The Morgan fingerprint density at radius 2 is 2.00 bits per heavy atom. The van der Waals surface area contributed by atoms with Gasteiger partial charge >= 0.3 is 0 Å². The summed E-state index contributed by atoms with van der Waals surface area (Å²) in [5, 5.41) is 2.78. The van der Waals surface area contributed by atoms with Gasteiger partial charge in [0.2, 0.25) is 11.8 Å². The van der Waals surface area contributed by atoms with Crippen molar-refractivity contribution in [2.24, 2.45) is 0 Å². The number of nitrogens with zero attached hydrogens (tertiary/aromatic N) is 3. The zero-order chi connectivity index (χ0) is 18.4. The lowest BCUT2D eigenvalue weighted by atomic mass is 10.1. The van der Waals surface area contributed by atoms with Crippen molar-refractivity contribution in [2.75, 3.05) is 37.0 Å². The minimum Gasteiger partial charge on any atom is -0.497 e. The molecule has 1 aliphatic rings. The fraction of sp³-hybridized carbons (Fsp3) is 0.421. The van der Waals surface area contributed by atoms with Gasteiger partial charge in [-0.3, -0.25) is 4.79 Å². The second kappa shape index (κ2) is 8.51. The van der Waals surface area contributed by atoms with E-state index in [0.29, 0.717) is 23.3 Å². The van der Waals surface area contributed by atoms with Crippen LogP contribution < -0.4 is 19.7 Å². The van der Waals surface area contributed by atoms with Crippen LogP contribution in [0.5, 0.6) is 11.6 Å². The molecule has 1 aliphatic heterocycles. The number of anilines is 2. The Morgan fingerprint density at radius 1 is 1.19 bits per heavy atom. The number of methoxy groups -OCH3 is 1. The molecule has 2 aromatic rings. The number of piperidine rings is 1. The Hall–Kier alpha value is -2.83. The smallest absolute Gasteiger partial charge is 0.262 e. The lowest BCUT2D eigenvalue weighted by molar-refractivity contribution is -0.118. The molecule has 0 bridgehead atoms. The Bertz CT molecular complexity index is 760. The Kier molecular flexibility index (Phi) is 5.88. The van der Waals surface area contributed by atoms with Crippen LogP contribution in [0, 0.1) is 6.92 Å². The van der Waals surface area contributed by atoms with E-state index in [1.165, 1.54) is 6.42 Å². The second-order valence-electron chi connectivity index (χ2n) is 6.26. The summed E-state index contributed by atoms with van der Waals surface area (Å²) in [7, 11) is 1.58. The van der Waals surface area contributed by atoms with Crippen LogP contribution >= 0.6 is 0 Å². The van der Waals surface area contributed by atoms with Gasteiger partial charge in [0.25, 0.3) is 5.91 Å². The maximum Gasteiger partial charge on any atom is 0.262 e. The van der Waals surface area contributed by atoms with Crippen LogP contribution in [0.4, 0.5) is 11.6 Å². The molecule has 0 saturated carbocycles. The van der Waals surface area contributed by atoms with E-state index < -0.39 is 0 Å². The molecule has 1 saturated heterocycles. The largest absolute Gasteiger partial charge is 0.497 e. The van der Waals surface area contributed by atoms with Crippen molar-refractivity contribution >= 4 is 17.5 Å². The molecule has 0 atom stereocenters. The van der Waals surface area contributed by atoms with E-state index >= 15 is 0 Å². The first-order chi connectivity index (χ1) is 12.6. The van der Waals surface area contributed by atoms with E-state index in [-0.39, 0.29) is 12.5 Å². The molecule has 7 heteroatoms. The third kappa shape index (κ3) is 4.84. The van der Waals surface area contributed by atoms with Crippen molar-refractivity contribution in [3.63, 3.8) is 0 Å². The molecular weight excluding hydrogens is 332 g/mol. The normalized spacial score (nSPS) is 14.0. The molecule has 1 aromatic heterocycles. The van der Waals surface area contributed by atoms with Gasteiger partial charge in [-0.15, -0.1) is 0 Å². The van der Waals surface area contributed by atoms with Gasteiger partial charge in [0.15, 0.2) is 6.61 Å². The summed E-state index contributed by atoms with van der Waals surface area (Å²) in [5.41, 5.74) is 1.48. The minimum atomic E-state index is -0.256. The maximum absolute atomic E-state index is 12.1. The number of hydrogen-bond donors (Lipinski definition) is 1. The highest BCUT2D eigenvalue weighted by molar-refractivity contribution is 5.92. The van der Waals surface area contributed by atoms with Gasteiger partial charge in [-0.25, -0.2) is 4.98 Å². The van der Waals surface area contributed by atoms with E-state index in [2.05, 4.69) is 20.2 Å². The third-order valence-electron chi connectivity index (χ3n) is 4.16. The highest BCUT2D eigenvalue weighted by Crippen LogP contribution is 2.20. The summed E-state index contributed by atoms with van der Waals surface area (Å²) in [4.78, 5) is 23.2. The number of carbonyl (C=O) groups excluding carboxylic acids is 1. The number of aromatic nitrogens is 2. The van der Waals surface area contributed by atoms with Crippen molar-refractivity contribution < 1.29 is 14.3 Å². The third-order valence-corrected chi connectivity index (χ3v) is 4.16. The average molecular weight is 356 g/mol. The molecule has 0 unspecified atom stereocenters. The molecule has 1 fully saturated rings. The monoisotopic (exact) mass is 356 g/mol. The first-order valence-corrected chi connectivity index (χ1v) is 8.81. The minimum absolute atomic E-state index is 0.118. The van der Waals surface area contributed by atoms with Gasteiger partial charge in [0, 0.05) is 36.6 Å². The highest BCUT2D eigenvalue weighted by atomic mass is 16.5. The zero-order valence-corrected chi connectivity index (χ0v) is 15.2. The molecule has 1 amide bonds. The molecule has 1 aromatic carbocycles. The van der Waals surface area contributed by atoms with Crippen LogP contribution in [-0.2, 0) is 4.79 Å². The summed E-state index contributed by atoms with van der Waals surface area (Å²) >= 11 is 0. The van der Waals surface area contributed by atoms with Crippen molar-refractivity contribution in [3.05, 3.63) is 36.0 Å². The Morgan fingerprint density at radius 3 is 2.77 bits per heavy atom. The first-order valence-electron chi connectivity index (χ1n) is 8.81. The predicted octanol–water partition coefficient (Wildman–Crippen LogP) is 2.80. The van der Waals surface area contributed by atoms with Gasteiger partial charge in [-0.05, 0) is 38.3 Å². The van der Waals surface area contributed by atoms with Gasteiger partial charge in [-0.2, -0.15) is 4.98 Å². The molecule has 26 heavy (non-hydrogen) atoms. The molecule has 1 N–H and O–H groups in total. The fourth-order valence-electron chi connectivity index (χ4n) is 2.87. The standard InChI is InChI=1S/C19H24N4O3/c1-14-11-18(22-19(20-14)23-9-4-3-5-10-23)26-13-17(24)21-15-7-6-8-16(12-15)25-2/h6-8,11-12H,3-5,9-10,13H2,1-2H3,(H,21,24). The number of hydrogen-bond acceptors (Lipinski definition) is 6. The zero-order valence-electron chi connectivity index (χ0n) is 15.2. The topological polar surface area (TPSA) is 76.6 Å². The quantitative estimate of drug-likeness (QED) is 0.858. The van der Waals surface area contributed by atoms with E-state index in [1.54, 1.807) is 25.3 Å². The van der Waals surface area contributed by atoms with Crippen molar-refractivity contribution in [1.29, 1.82) is 0 Å². The number of ether oxygens (including phenoxy) is 2. The molecule has 0 aliphatic carbocycles. The van der Waals surface area contributed by atoms with Crippen LogP contribution in [0.2, 0.25) is 0 Å². The molecule has 2 heterocycles. The predicted molar refractivity (Wildman–Crippen MR) is 100.0 cm³/mol. The van der Waals surface area contributed by atoms with Gasteiger partial charge < -0.3 is 19.7 Å². The van der Waals surface area contributed by atoms with Crippen molar-refractivity contribution in [2.45, 2.75) is 26.2 Å². The number of amides is 1. The lowest BCUT2D eigenvalue weighted by Gasteiger charge is -2.26. The first kappa shape index (κ1) is 18.0. The molecule has 0 spiro atoms. The summed E-state index contributed by atoms with van der Waals surface area (Å²) in [6, 6.07) is 8.92. The van der Waals surface area contributed by atoms with Crippen LogP contribution in [0.1, 0.15) is 25.0 Å². The van der Waals surface area contributed by atoms with Crippen molar-refractivity contribution in [1.82, 2.24) is 9.97 Å². The molecular formula is C19H24N4O3. The highest BCUT2D eigenvalue weighted by Gasteiger charge is 2.15. The van der Waals surface area contributed by atoms with Crippen LogP contribution in [0.15, 0.2) is 30.3 Å². The SMILES string of the molecule is COc1cccc(NC(=O)COc2cc(C)nc(N3CCCCC3)n2)c1. The number of aryl methyl sites for hydroxylation is 1. The van der Waals surface area contributed by atoms with E-state index in [4.69, 9.17) is 9.47 Å². The molecule has 7 nitrogen and oxygen atoms in total. The Labute approximate surface area is 153 Å². The van der Waals surface area contributed by atoms with Gasteiger partial charge in [0.1, 0.15) is 5.75 Å². The van der Waals surface area contributed by atoms with Crippen LogP contribution in [-0.4, -0.2) is 42.7 Å². The number of rotatable bonds is 6. The van der Waals surface area contributed by atoms with E-state index in [1.807, 2.05) is 19.1 Å². The average Bonchev–Trinajstić information content (AvgIpc) is 2.67. The molecule has 138 valence electrons. The second-order valence-corrected chi connectivity index (χ2v) is 6.26. The van der Waals surface area contributed by atoms with Gasteiger partial charge in [-0.1, -0.05) is 6.07 Å². The van der Waals surface area contributed by atoms with Crippen LogP contribution in [0.3, 0.4) is 0 Å². The lowest BCUT2D eigenvalue weighted by Crippen LogP contribution is -2.31. The summed E-state index contributed by atoms with van der Waals surface area (Å²) < 4.78 is 10.7. The fourth-order valence-corrected chi connectivity index (χ4v) is 2.87. The van der Waals surface area contributed by atoms with E-state index in [0.717, 1.165) is 31.6 Å².